The van der Waals surface area contributed by atoms with Crippen molar-refractivity contribution < 1.29 is 22.4 Å². The molecule has 0 spiro atoms. The van der Waals surface area contributed by atoms with Gasteiger partial charge in [0, 0.05) is 18.2 Å². The van der Waals surface area contributed by atoms with Gasteiger partial charge in [-0.15, -0.1) is 0 Å². The van der Waals surface area contributed by atoms with Gasteiger partial charge < -0.3 is 10.2 Å². The highest BCUT2D eigenvalue weighted by atomic mass is 32.2. The first kappa shape index (κ1) is 30.2. The van der Waals surface area contributed by atoms with E-state index in [-0.39, 0.29) is 29.0 Å². The molecule has 7 nitrogen and oxygen atoms in total. The number of benzene rings is 3. The van der Waals surface area contributed by atoms with Crippen molar-refractivity contribution >= 4 is 27.5 Å². The molecule has 0 aliphatic heterocycles. The molecule has 0 saturated heterocycles. The summed E-state index contributed by atoms with van der Waals surface area (Å²) in [7, 11) is -4.17. The summed E-state index contributed by atoms with van der Waals surface area (Å²) in [5, 5.41) is 3.02. The number of halogens is 1. The maximum atomic E-state index is 14.7. The Morgan fingerprint density at radius 1 is 0.927 bits per heavy atom. The van der Waals surface area contributed by atoms with Crippen molar-refractivity contribution in [2.24, 2.45) is 0 Å². The van der Waals surface area contributed by atoms with Crippen molar-refractivity contribution in [2.75, 3.05) is 10.8 Å². The van der Waals surface area contributed by atoms with Crippen molar-refractivity contribution in [1.82, 2.24) is 10.2 Å². The van der Waals surface area contributed by atoms with Crippen molar-refractivity contribution in [2.45, 2.75) is 76.9 Å². The van der Waals surface area contributed by atoms with Crippen LogP contribution < -0.4 is 9.62 Å². The molecular weight excluding hydrogens is 541 g/mol. The normalized spacial score (nSPS) is 14.5. The molecular formula is C32H38FN3O4S. The topological polar surface area (TPSA) is 86.8 Å². The quantitative estimate of drug-likeness (QED) is 0.348. The number of sulfonamides is 1. The average molecular weight is 580 g/mol. The van der Waals surface area contributed by atoms with Crippen LogP contribution in [-0.4, -0.2) is 43.8 Å². The van der Waals surface area contributed by atoms with Gasteiger partial charge in [-0.1, -0.05) is 54.8 Å². The first-order valence-electron chi connectivity index (χ1n) is 14.0. The highest BCUT2D eigenvalue weighted by molar-refractivity contribution is 7.92. The molecule has 41 heavy (non-hydrogen) atoms. The van der Waals surface area contributed by atoms with Crippen LogP contribution in [0.4, 0.5) is 10.1 Å². The fraction of sp³-hybridized carbons (Fsp3) is 0.375. The van der Waals surface area contributed by atoms with Gasteiger partial charge in [0.1, 0.15) is 18.4 Å². The van der Waals surface area contributed by atoms with Crippen LogP contribution in [0.3, 0.4) is 0 Å². The van der Waals surface area contributed by atoms with Gasteiger partial charge in [-0.25, -0.2) is 12.8 Å². The summed E-state index contributed by atoms with van der Waals surface area (Å²) in [6.45, 7) is 6.42. The largest absolute Gasteiger partial charge is 0.352 e. The first-order chi connectivity index (χ1) is 19.5. The molecule has 2 amide bonds. The van der Waals surface area contributed by atoms with Crippen molar-refractivity contribution in [3.8, 4) is 0 Å². The highest BCUT2D eigenvalue weighted by Gasteiger charge is 2.33. The maximum Gasteiger partial charge on any atom is 0.264 e. The summed E-state index contributed by atoms with van der Waals surface area (Å²) in [5.74, 6) is -1.47. The summed E-state index contributed by atoms with van der Waals surface area (Å²) >= 11 is 0. The fourth-order valence-electron chi connectivity index (χ4n) is 5.25. The molecule has 1 aliphatic rings. The van der Waals surface area contributed by atoms with E-state index in [0.29, 0.717) is 5.69 Å². The van der Waals surface area contributed by atoms with E-state index in [1.165, 1.54) is 23.1 Å². The van der Waals surface area contributed by atoms with E-state index in [4.69, 9.17) is 0 Å². The maximum absolute atomic E-state index is 14.7. The van der Waals surface area contributed by atoms with Gasteiger partial charge in [0.05, 0.1) is 10.6 Å². The number of aryl methyl sites for hydroxylation is 3. The zero-order valence-electron chi connectivity index (χ0n) is 24.1. The lowest BCUT2D eigenvalue weighted by Crippen LogP contribution is -2.52. The fourth-order valence-corrected chi connectivity index (χ4v) is 6.64. The molecule has 1 atom stereocenters. The van der Waals surface area contributed by atoms with Gasteiger partial charge >= 0.3 is 0 Å². The van der Waals surface area contributed by atoms with Crippen molar-refractivity contribution in [3.63, 3.8) is 0 Å². The molecule has 0 aromatic heterocycles. The van der Waals surface area contributed by atoms with Crippen LogP contribution in [0.15, 0.2) is 71.6 Å². The van der Waals surface area contributed by atoms with Gasteiger partial charge in [0.25, 0.3) is 10.0 Å². The Morgan fingerprint density at radius 3 is 2.15 bits per heavy atom. The third-order valence-corrected chi connectivity index (χ3v) is 9.34. The van der Waals surface area contributed by atoms with Gasteiger partial charge in [0.2, 0.25) is 11.8 Å². The Balaban J connectivity index is 1.72. The van der Waals surface area contributed by atoms with Gasteiger partial charge in [-0.05, 0) is 82.0 Å². The van der Waals surface area contributed by atoms with E-state index < -0.39 is 34.3 Å². The van der Waals surface area contributed by atoms with Crippen LogP contribution in [0.1, 0.15) is 54.9 Å². The van der Waals surface area contributed by atoms with Gasteiger partial charge in [-0.3, -0.25) is 13.9 Å². The Hall–Kier alpha value is -3.72. The van der Waals surface area contributed by atoms with Gasteiger partial charge in [0.15, 0.2) is 0 Å². The predicted octanol–water partition coefficient (Wildman–Crippen LogP) is 5.42. The van der Waals surface area contributed by atoms with E-state index in [9.17, 15) is 22.4 Å². The number of carbonyl (C=O) groups is 2. The van der Waals surface area contributed by atoms with E-state index in [0.717, 1.165) is 46.7 Å². The molecule has 1 N–H and O–H groups in total. The summed E-state index contributed by atoms with van der Waals surface area (Å²) in [6.07, 6.45) is 3.79. The number of nitrogens with one attached hydrogen (secondary N) is 1. The number of hydrogen-bond acceptors (Lipinski definition) is 4. The van der Waals surface area contributed by atoms with Crippen LogP contribution in [0, 0.1) is 26.6 Å². The number of amides is 2. The van der Waals surface area contributed by atoms with E-state index >= 15 is 0 Å². The van der Waals surface area contributed by atoms with Crippen LogP contribution >= 0.6 is 0 Å². The minimum absolute atomic E-state index is 0.0315. The lowest BCUT2D eigenvalue weighted by atomic mass is 10.1. The Labute approximate surface area is 242 Å². The highest BCUT2D eigenvalue weighted by Crippen LogP contribution is 2.27. The smallest absolute Gasteiger partial charge is 0.264 e. The zero-order valence-corrected chi connectivity index (χ0v) is 24.9. The number of rotatable bonds is 10. The molecule has 1 aliphatic carbocycles. The van der Waals surface area contributed by atoms with E-state index in [1.807, 2.05) is 26.8 Å². The number of nitrogens with zero attached hydrogens (tertiary/aromatic N) is 2. The van der Waals surface area contributed by atoms with Crippen LogP contribution in [-0.2, 0) is 26.2 Å². The Kier molecular flexibility index (Phi) is 9.48. The Bertz CT molecular complexity index is 1480. The molecule has 1 fully saturated rings. The standard InChI is InChI=1S/C32H38FN3O4S/c1-22-13-15-29(16-14-22)41(39,40)36(28-18-23(2)17-24(3)19-28)21-31(37)35(20-26-9-5-8-12-30(26)33)25(4)32(38)34-27-10-6-7-11-27/h5,8-9,12-19,25,27H,6-7,10-11,20-21H2,1-4H3,(H,34,38)/t25-/m0/s1. The lowest BCUT2D eigenvalue weighted by molar-refractivity contribution is -0.139. The number of anilines is 1. The second kappa shape index (κ2) is 12.9. The molecule has 4 rings (SSSR count). The minimum atomic E-state index is -4.17. The van der Waals surface area contributed by atoms with E-state index in [2.05, 4.69) is 5.32 Å². The third-order valence-electron chi connectivity index (χ3n) is 7.55. The molecule has 3 aromatic rings. The molecule has 0 unspecified atom stereocenters. The van der Waals surface area contributed by atoms with E-state index in [1.54, 1.807) is 49.4 Å². The second-order valence-corrected chi connectivity index (χ2v) is 12.8. The monoisotopic (exact) mass is 579 g/mol. The molecule has 218 valence electrons. The lowest BCUT2D eigenvalue weighted by Gasteiger charge is -2.32. The third kappa shape index (κ3) is 7.33. The van der Waals surface area contributed by atoms with Crippen LogP contribution in [0.25, 0.3) is 0 Å². The molecule has 0 heterocycles. The summed E-state index contributed by atoms with van der Waals surface area (Å²) in [4.78, 5) is 28.6. The molecule has 1 saturated carbocycles. The van der Waals surface area contributed by atoms with Crippen LogP contribution in [0.2, 0.25) is 0 Å². The summed E-state index contributed by atoms with van der Waals surface area (Å²) < 4.78 is 43.8. The molecule has 9 heteroatoms. The van der Waals surface area contributed by atoms with Crippen LogP contribution in [0.5, 0.6) is 0 Å². The minimum Gasteiger partial charge on any atom is -0.352 e. The zero-order chi connectivity index (χ0) is 29.7. The second-order valence-electron chi connectivity index (χ2n) is 10.9. The SMILES string of the molecule is Cc1ccc(S(=O)(=O)N(CC(=O)N(Cc2ccccc2F)[C@@H](C)C(=O)NC2CCCC2)c2cc(C)cc(C)c2)cc1. The number of carbonyl (C=O) groups excluding carboxylic acids is 2. The number of hydrogen-bond donors (Lipinski definition) is 1. The summed E-state index contributed by atoms with van der Waals surface area (Å²) in [5.41, 5.74) is 3.15. The molecule has 3 aromatic carbocycles. The summed E-state index contributed by atoms with van der Waals surface area (Å²) in [6, 6.07) is 16.9. The predicted molar refractivity (Wildman–Crippen MR) is 158 cm³/mol. The van der Waals surface area contributed by atoms with Gasteiger partial charge in [-0.2, -0.15) is 0 Å². The first-order valence-corrected chi connectivity index (χ1v) is 15.4. The average Bonchev–Trinajstić information content (AvgIpc) is 3.43. The molecule has 0 radical (unpaired) electrons. The Morgan fingerprint density at radius 2 is 1.54 bits per heavy atom. The molecule has 0 bridgehead atoms. The van der Waals surface area contributed by atoms with Crippen molar-refractivity contribution in [3.05, 3.63) is 94.8 Å². The van der Waals surface area contributed by atoms with Crippen molar-refractivity contribution in [1.29, 1.82) is 0 Å².